The SMILES string of the molecule is Cc1ccc2c3cc4c(C)ccc5c6cc7c(C)ccc8c9cc1c2c1c3c(c45)c6c(c78)c91. The zero-order chi connectivity index (χ0) is 21.5. The lowest BCUT2D eigenvalue weighted by molar-refractivity contribution is 1.55. The van der Waals surface area contributed by atoms with Gasteiger partial charge in [0.15, 0.2) is 0 Å². The molecule has 150 valence electrons. The maximum absolute atomic E-state index is 2.50. The van der Waals surface area contributed by atoms with Crippen LogP contribution >= 0.6 is 0 Å². The Labute approximate surface area is 189 Å². The van der Waals surface area contributed by atoms with Crippen LogP contribution in [-0.4, -0.2) is 0 Å². The fourth-order valence-electron chi connectivity index (χ4n) is 7.81. The monoisotopic (exact) mass is 414 g/mol. The van der Waals surface area contributed by atoms with Crippen LogP contribution in [0.3, 0.4) is 0 Å². The van der Waals surface area contributed by atoms with Gasteiger partial charge in [-0.15, -0.1) is 0 Å². The number of hydrogen-bond acceptors (Lipinski definition) is 0. The summed E-state index contributed by atoms with van der Waals surface area (Å²) in [7, 11) is 0. The highest BCUT2D eigenvalue weighted by molar-refractivity contribution is 6.58. The van der Waals surface area contributed by atoms with Gasteiger partial charge in [-0.1, -0.05) is 36.4 Å². The molecule has 0 atom stereocenters. The zero-order valence-electron chi connectivity index (χ0n) is 18.7. The molecule has 10 aromatic carbocycles. The predicted octanol–water partition coefficient (Wildman–Crippen LogP) is 9.62. The highest BCUT2D eigenvalue weighted by Crippen LogP contribution is 2.59. The van der Waals surface area contributed by atoms with Crippen molar-refractivity contribution in [2.24, 2.45) is 0 Å². The highest BCUT2D eigenvalue weighted by Gasteiger charge is 2.30. The number of fused-ring (bicyclic) bond motifs is 3. The standard InChI is InChI=1S/C33H18/c1-13-4-7-16-23-11-20-15(3)6-9-18-24-12-21-14(2)5-8-17-22-10-19(13)25(16)31-28(22)32(26(17)21)30(24)33(27(18)20)29(23)31/h4-12H,1-3H3. The summed E-state index contributed by atoms with van der Waals surface area (Å²) < 4.78 is 0. The molecule has 0 aliphatic carbocycles. The third-order valence-corrected chi connectivity index (χ3v) is 9.19. The first kappa shape index (κ1) is 15.8. The Bertz CT molecular complexity index is 2100. The molecule has 0 nitrogen and oxygen atoms in total. The predicted molar refractivity (Wildman–Crippen MR) is 145 cm³/mol. The molecule has 10 aromatic rings. The van der Waals surface area contributed by atoms with Gasteiger partial charge in [0.05, 0.1) is 0 Å². The van der Waals surface area contributed by atoms with Gasteiger partial charge in [-0.2, -0.15) is 0 Å². The fraction of sp³-hybridized carbons (Fsp3) is 0.0909. The largest absolute Gasteiger partial charge is 0.0581 e. The van der Waals surface area contributed by atoms with E-state index in [1.807, 2.05) is 0 Å². The molecule has 10 rings (SSSR count). The number of rotatable bonds is 0. The van der Waals surface area contributed by atoms with Crippen molar-refractivity contribution in [2.45, 2.75) is 20.8 Å². The van der Waals surface area contributed by atoms with Crippen molar-refractivity contribution in [3.8, 4) is 0 Å². The van der Waals surface area contributed by atoms with Gasteiger partial charge >= 0.3 is 0 Å². The number of aryl methyl sites for hydroxylation is 3. The van der Waals surface area contributed by atoms with Crippen LogP contribution in [0, 0.1) is 20.8 Å². The average Bonchev–Trinajstić information content (AvgIpc) is 3.44. The van der Waals surface area contributed by atoms with Crippen LogP contribution in [0.2, 0.25) is 0 Å². The van der Waals surface area contributed by atoms with Gasteiger partial charge < -0.3 is 0 Å². The maximum Gasteiger partial charge on any atom is -0.000103 e. The number of hydrogen-bond donors (Lipinski definition) is 0. The lowest BCUT2D eigenvalue weighted by atomic mass is 9.91. The molecule has 0 aromatic heterocycles. The van der Waals surface area contributed by atoms with E-state index in [9.17, 15) is 0 Å². The summed E-state index contributed by atoms with van der Waals surface area (Å²) in [6, 6.07) is 21.6. The van der Waals surface area contributed by atoms with Crippen molar-refractivity contribution < 1.29 is 0 Å². The lowest BCUT2D eigenvalue weighted by Crippen LogP contribution is -1.83. The van der Waals surface area contributed by atoms with Crippen LogP contribution in [0.4, 0.5) is 0 Å². The molecular weight excluding hydrogens is 396 g/mol. The summed E-state index contributed by atoms with van der Waals surface area (Å²) in [5.74, 6) is 0. The third kappa shape index (κ3) is 1.35. The van der Waals surface area contributed by atoms with Crippen LogP contribution in [-0.2, 0) is 0 Å². The van der Waals surface area contributed by atoms with Crippen molar-refractivity contribution in [2.75, 3.05) is 0 Å². The van der Waals surface area contributed by atoms with Gasteiger partial charge in [-0.25, -0.2) is 0 Å². The minimum Gasteiger partial charge on any atom is -0.0581 e. The molecule has 0 aliphatic heterocycles. The number of benzene rings is 7. The molecule has 0 radical (unpaired) electrons. The second-order valence-corrected chi connectivity index (χ2v) is 10.6. The molecule has 0 fully saturated rings. The molecule has 0 unspecified atom stereocenters. The second-order valence-electron chi connectivity index (χ2n) is 10.6. The van der Waals surface area contributed by atoms with E-state index in [0.717, 1.165) is 0 Å². The molecule has 0 N–H and O–H groups in total. The first-order chi connectivity index (χ1) is 16.1. The highest BCUT2D eigenvalue weighted by atomic mass is 14.3. The van der Waals surface area contributed by atoms with E-state index in [1.54, 1.807) is 0 Å². The Hall–Kier alpha value is -3.90. The Morgan fingerprint density at radius 1 is 0.273 bits per heavy atom. The minimum absolute atomic E-state index is 1.38. The fourth-order valence-corrected chi connectivity index (χ4v) is 7.81. The second kappa shape index (κ2) is 4.45. The molecule has 0 heterocycles. The van der Waals surface area contributed by atoms with Gasteiger partial charge in [-0.05, 0) is 153 Å². The molecule has 33 heavy (non-hydrogen) atoms. The van der Waals surface area contributed by atoms with Crippen molar-refractivity contribution in [1.29, 1.82) is 0 Å². The van der Waals surface area contributed by atoms with Gasteiger partial charge in [0, 0.05) is 0 Å². The van der Waals surface area contributed by atoms with Crippen molar-refractivity contribution >= 4 is 97.0 Å². The topological polar surface area (TPSA) is 0 Å². The van der Waals surface area contributed by atoms with Gasteiger partial charge in [0.2, 0.25) is 0 Å². The molecule has 0 spiro atoms. The molecule has 0 aliphatic rings. The van der Waals surface area contributed by atoms with E-state index in [4.69, 9.17) is 0 Å². The first-order valence-corrected chi connectivity index (χ1v) is 12.0. The first-order valence-electron chi connectivity index (χ1n) is 12.0. The molecule has 0 saturated carbocycles. The Balaban J connectivity index is 1.82. The van der Waals surface area contributed by atoms with Crippen LogP contribution in [0.1, 0.15) is 16.7 Å². The summed E-state index contributed by atoms with van der Waals surface area (Å²) in [5.41, 5.74) is 4.14. The normalized spacial score (nSPS) is 13.9. The third-order valence-electron chi connectivity index (χ3n) is 9.19. The smallest absolute Gasteiger partial charge is 0.000103 e. The van der Waals surface area contributed by atoms with E-state index in [-0.39, 0.29) is 0 Å². The maximum atomic E-state index is 2.50. The molecule has 0 bridgehead atoms. The summed E-state index contributed by atoms with van der Waals surface area (Å²) >= 11 is 0. The van der Waals surface area contributed by atoms with Crippen LogP contribution in [0.5, 0.6) is 0 Å². The van der Waals surface area contributed by atoms with E-state index in [1.165, 1.54) is 114 Å². The van der Waals surface area contributed by atoms with E-state index in [0.29, 0.717) is 0 Å². The summed E-state index contributed by atoms with van der Waals surface area (Å²) in [6.45, 7) is 6.83. The van der Waals surface area contributed by atoms with Gasteiger partial charge in [0.1, 0.15) is 0 Å². The Kier molecular flexibility index (Phi) is 2.13. The zero-order valence-corrected chi connectivity index (χ0v) is 18.7. The van der Waals surface area contributed by atoms with Crippen molar-refractivity contribution in [3.63, 3.8) is 0 Å². The molecule has 0 saturated heterocycles. The van der Waals surface area contributed by atoms with Gasteiger partial charge in [-0.3, -0.25) is 0 Å². The molecule has 0 heteroatoms. The Morgan fingerprint density at radius 3 is 0.879 bits per heavy atom. The van der Waals surface area contributed by atoms with E-state index in [2.05, 4.69) is 75.4 Å². The summed E-state index contributed by atoms with van der Waals surface area (Å²) in [6.07, 6.45) is 0. The quantitative estimate of drug-likeness (QED) is 0.217. The van der Waals surface area contributed by atoms with Crippen LogP contribution in [0.25, 0.3) is 97.0 Å². The van der Waals surface area contributed by atoms with Crippen LogP contribution in [0.15, 0.2) is 54.6 Å². The summed E-state index contributed by atoms with van der Waals surface area (Å²) in [5, 5.41) is 26.4. The Morgan fingerprint density at radius 2 is 0.576 bits per heavy atom. The lowest BCUT2D eigenvalue weighted by Gasteiger charge is -2.11. The van der Waals surface area contributed by atoms with E-state index < -0.39 is 0 Å². The van der Waals surface area contributed by atoms with Crippen molar-refractivity contribution in [1.82, 2.24) is 0 Å². The average molecular weight is 415 g/mol. The van der Waals surface area contributed by atoms with E-state index >= 15 is 0 Å². The minimum atomic E-state index is 1.38. The molecule has 0 amide bonds. The molecular formula is C33H18. The van der Waals surface area contributed by atoms with Crippen molar-refractivity contribution in [3.05, 3.63) is 71.3 Å². The van der Waals surface area contributed by atoms with Gasteiger partial charge in [0.25, 0.3) is 0 Å². The van der Waals surface area contributed by atoms with Crippen LogP contribution < -0.4 is 0 Å². The summed E-state index contributed by atoms with van der Waals surface area (Å²) in [4.78, 5) is 0.